The molecule has 0 saturated carbocycles. The molecule has 120 valence electrons. The van der Waals surface area contributed by atoms with Gasteiger partial charge in [0.15, 0.2) is 11.7 Å². The molecule has 0 aliphatic carbocycles. The predicted molar refractivity (Wildman–Crippen MR) is 84.9 cm³/mol. The molecule has 3 rings (SSSR count). The molecule has 0 atom stereocenters. The number of carbonyl (C=O) groups excluding carboxylic acids is 1. The summed E-state index contributed by atoms with van der Waals surface area (Å²) < 4.78 is 18.3. The number of aliphatic hydroxyl groups excluding tert-OH is 1. The second-order valence-corrected chi connectivity index (χ2v) is 5.03. The smallest absolute Gasteiger partial charge is 0.226 e. The van der Waals surface area contributed by atoms with Crippen LogP contribution < -0.4 is 0 Å². The first-order valence-corrected chi connectivity index (χ1v) is 7.17. The Balaban J connectivity index is 1.73. The minimum absolute atomic E-state index is 0.00888. The van der Waals surface area contributed by atoms with Gasteiger partial charge in [-0.2, -0.15) is 0 Å². The van der Waals surface area contributed by atoms with Gasteiger partial charge in [-0.3, -0.25) is 9.78 Å². The number of halogens is 1. The molecule has 0 spiro atoms. The highest BCUT2D eigenvalue weighted by atomic mass is 19.1. The van der Waals surface area contributed by atoms with Crippen LogP contribution in [-0.2, 0) is 6.42 Å². The van der Waals surface area contributed by atoms with E-state index in [0.717, 1.165) is 11.6 Å². The summed E-state index contributed by atoms with van der Waals surface area (Å²) >= 11 is 0. The second kappa shape index (κ2) is 6.87. The average molecular weight is 324 g/mol. The number of nitrogens with zero attached hydrogens (tertiary/aromatic N) is 2. The van der Waals surface area contributed by atoms with E-state index in [9.17, 15) is 14.3 Å². The summed E-state index contributed by atoms with van der Waals surface area (Å²) in [4.78, 5) is 20.1. The number of carbonyl (C=O) groups is 1. The fraction of sp³-hybridized carbons (Fsp3) is 0.0556. The zero-order valence-electron chi connectivity index (χ0n) is 12.5. The molecule has 0 unspecified atom stereocenters. The van der Waals surface area contributed by atoms with Gasteiger partial charge in [-0.1, -0.05) is 18.2 Å². The Labute approximate surface area is 137 Å². The summed E-state index contributed by atoms with van der Waals surface area (Å²) in [7, 11) is 0. The number of hydrogen-bond donors (Lipinski definition) is 1. The fourth-order valence-corrected chi connectivity index (χ4v) is 2.07. The molecule has 1 aromatic carbocycles. The van der Waals surface area contributed by atoms with Crippen LogP contribution in [0.15, 0.2) is 65.4 Å². The van der Waals surface area contributed by atoms with Crippen molar-refractivity contribution in [2.24, 2.45) is 0 Å². The summed E-state index contributed by atoms with van der Waals surface area (Å²) in [6.45, 7) is 0. The molecule has 0 saturated heterocycles. The first-order valence-electron chi connectivity index (χ1n) is 7.17. The molecule has 3 aromatic rings. The molecule has 2 aromatic heterocycles. The topological polar surface area (TPSA) is 76.2 Å². The lowest BCUT2D eigenvalue weighted by Gasteiger charge is -1.98. The van der Waals surface area contributed by atoms with Crippen LogP contribution in [0, 0.1) is 5.82 Å². The zero-order valence-corrected chi connectivity index (χ0v) is 12.5. The fourth-order valence-electron chi connectivity index (χ4n) is 2.07. The van der Waals surface area contributed by atoms with Crippen LogP contribution in [0.5, 0.6) is 0 Å². The van der Waals surface area contributed by atoms with Gasteiger partial charge in [-0.05, 0) is 29.8 Å². The summed E-state index contributed by atoms with van der Waals surface area (Å²) in [5, 5.41) is 9.90. The van der Waals surface area contributed by atoms with Crippen LogP contribution in [0.3, 0.4) is 0 Å². The van der Waals surface area contributed by atoms with Gasteiger partial charge in [0.2, 0.25) is 5.78 Å². The number of oxazole rings is 1. The Morgan fingerprint density at radius 1 is 1.17 bits per heavy atom. The van der Waals surface area contributed by atoms with Gasteiger partial charge in [0.25, 0.3) is 0 Å². The maximum Gasteiger partial charge on any atom is 0.226 e. The van der Waals surface area contributed by atoms with Gasteiger partial charge in [-0.15, -0.1) is 0 Å². The van der Waals surface area contributed by atoms with Crippen molar-refractivity contribution in [3.63, 3.8) is 0 Å². The second-order valence-electron chi connectivity index (χ2n) is 5.03. The molecule has 24 heavy (non-hydrogen) atoms. The highest BCUT2D eigenvalue weighted by Crippen LogP contribution is 2.14. The van der Waals surface area contributed by atoms with E-state index < -0.39 is 5.78 Å². The number of pyridine rings is 1. The normalized spacial score (nSPS) is 11.5. The number of benzene rings is 1. The van der Waals surface area contributed by atoms with E-state index in [1.54, 1.807) is 30.3 Å². The van der Waals surface area contributed by atoms with E-state index in [2.05, 4.69) is 9.97 Å². The largest absolute Gasteiger partial charge is 0.506 e. The maximum absolute atomic E-state index is 12.9. The number of rotatable bonds is 5. The van der Waals surface area contributed by atoms with Crippen molar-refractivity contribution in [2.45, 2.75) is 6.42 Å². The van der Waals surface area contributed by atoms with Crippen molar-refractivity contribution in [3.8, 4) is 0 Å². The van der Waals surface area contributed by atoms with Gasteiger partial charge in [-0.25, -0.2) is 9.37 Å². The minimum atomic E-state index is -0.518. The van der Waals surface area contributed by atoms with Crippen molar-refractivity contribution in [1.29, 1.82) is 0 Å². The molecular formula is C18H13FN2O3. The minimum Gasteiger partial charge on any atom is -0.506 e. The number of aliphatic hydroxyl groups is 1. The predicted octanol–water partition coefficient (Wildman–Crippen LogP) is 3.58. The molecule has 0 aliphatic heterocycles. The van der Waals surface area contributed by atoms with Crippen molar-refractivity contribution >= 4 is 11.5 Å². The van der Waals surface area contributed by atoms with Crippen LogP contribution >= 0.6 is 0 Å². The molecule has 0 aliphatic rings. The molecular weight excluding hydrogens is 311 g/mol. The maximum atomic E-state index is 12.9. The van der Waals surface area contributed by atoms with Crippen LogP contribution in [0.2, 0.25) is 0 Å². The van der Waals surface area contributed by atoms with Crippen LogP contribution in [-0.4, -0.2) is 20.9 Å². The third kappa shape index (κ3) is 3.73. The quantitative estimate of drug-likeness (QED) is 0.441. The molecule has 0 radical (unpaired) electrons. The van der Waals surface area contributed by atoms with Crippen molar-refractivity contribution in [3.05, 3.63) is 89.7 Å². The Hall–Kier alpha value is -3.28. The third-order valence-electron chi connectivity index (χ3n) is 3.26. The van der Waals surface area contributed by atoms with E-state index in [4.69, 9.17) is 4.42 Å². The number of hydrogen-bond acceptors (Lipinski definition) is 5. The molecule has 1 N–H and O–H groups in total. The molecule has 0 amide bonds. The van der Waals surface area contributed by atoms with Crippen LogP contribution in [0.1, 0.15) is 27.7 Å². The molecule has 0 fully saturated rings. The van der Waals surface area contributed by atoms with E-state index in [0.29, 0.717) is 12.3 Å². The van der Waals surface area contributed by atoms with E-state index in [1.807, 2.05) is 0 Å². The summed E-state index contributed by atoms with van der Waals surface area (Å²) in [5.41, 5.74) is 1.10. The van der Waals surface area contributed by atoms with E-state index in [-0.39, 0.29) is 23.0 Å². The Bertz CT molecular complexity index is 871. The Morgan fingerprint density at radius 2 is 1.96 bits per heavy atom. The van der Waals surface area contributed by atoms with Crippen molar-refractivity contribution in [1.82, 2.24) is 9.97 Å². The molecule has 5 nitrogen and oxygen atoms in total. The van der Waals surface area contributed by atoms with Crippen LogP contribution in [0.25, 0.3) is 5.76 Å². The van der Waals surface area contributed by atoms with Crippen molar-refractivity contribution < 1.29 is 18.7 Å². The van der Waals surface area contributed by atoms with Gasteiger partial charge in [0.05, 0.1) is 6.20 Å². The lowest BCUT2D eigenvalue weighted by atomic mass is 10.1. The molecule has 2 heterocycles. The van der Waals surface area contributed by atoms with E-state index in [1.165, 1.54) is 24.5 Å². The number of aromatic nitrogens is 2. The number of allylic oxidation sites excluding steroid dienone is 1. The van der Waals surface area contributed by atoms with Gasteiger partial charge < -0.3 is 9.52 Å². The lowest BCUT2D eigenvalue weighted by molar-refractivity contribution is 0.101. The highest BCUT2D eigenvalue weighted by Gasteiger charge is 2.13. The van der Waals surface area contributed by atoms with Crippen molar-refractivity contribution in [2.75, 3.05) is 0 Å². The lowest BCUT2D eigenvalue weighted by Crippen LogP contribution is -1.96. The van der Waals surface area contributed by atoms with Gasteiger partial charge in [0.1, 0.15) is 17.3 Å². The first-order chi connectivity index (χ1) is 11.6. The Kier molecular flexibility index (Phi) is 4.47. The average Bonchev–Trinajstić information content (AvgIpc) is 3.06. The van der Waals surface area contributed by atoms with Gasteiger partial charge >= 0.3 is 0 Å². The summed E-state index contributed by atoms with van der Waals surface area (Å²) in [6.07, 6.45) is 4.18. The van der Waals surface area contributed by atoms with Gasteiger partial charge in [0, 0.05) is 18.7 Å². The SMILES string of the molecule is O=C(/C=C(/O)c1ccccn1)c1cnc(Cc2ccc(F)cc2)o1. The zero-order chi connectivity index (χ0) is 16.9. The van der Waals surface area contributed by atoms with E-state index >= 15 is 0 Å². The van der Waals surface area contributed by atoms with Crippen LogP contribution in [0.4, 0.5) is 4.39 Å². The Morgan fingerprint density at radius 3 is 2.67 bits per heavy atom. The standard InChI is InChI=1S/C18H13FN2O3/c19-13-6-4-12(5-7-13)9-18-21-11-17(24-18)16(23)10-15(22)14-3-1-2-8-20-14/h1-8,10-11,22H,9H2/b15-10+. The monoisotopic (exact) mass is 324 g/mol. The first kappa shape index (κ1) is 15.6. The summed E-state index contributed by atoms with van der Waals surface area (Å²) in [5.74, 6) is -0.754. The molecule has 0 bridgehead atoms. The highest BCUT2D eigenvalue weighted by molar-refractivity contribution is 6.05. The summed E-state index contributed by atoms with van der Waals surface area (Å²) in [6, 6.07) is 10.9. The molecule has 6 heteroatoms. The third-order valence-corrected chi connectivity index (χ3v) is 3.26. The number of ketones is 1.